The number of nitrogens with zero attached hydrogens (tertiary/aromatic N) is 2. The molecule has 32 heavy (non-hydrogen) atoms. The number of guanidine groups is 1. The highest BCUT2D eigenvalue weighted by Crippen LogP contribution is 2.10. The van der Waals surface area contributed by atoms with Gasteiger partial charge in [-0.2, -0.15) is 0 Å². The monoisotopic (exact) mass is 468 g/mol. The van der Waals surface area contributed by atoms with Gasteiger partial charge >= 0.3 is 7.12 Å². The number of carbonyl (C=O) groups excluding carboxylic acids is 2. The fraction of sp³-hybridized carbons (Fsp3) is 0.500. The average Bonchev–Trinajstić information content (AvgIpc) is 3.20. The molecular formula is C18H29BN6O6S. The molecule has 1 heterocycles. The molecule has 2 amide bonds. The van der Waals surface area contributed by atoms with Crippen LogP contribution in [0.4, 0.5) is 0 Å². The molecule has 1 rings (SSSR count). The summed E-state index contributed by atoms with van der Waals surface area (Å²) in [5.74, 6) is -2.26. The molecule has 0 aliphatic heterocycles. The van der Waals surface area contributed by atoms with E-state index in [1.807, 2.05) is 31.4 Å². The lowest BCUT2D eigenvalue weighted by Gasteiger charge is -2.23. The maximum absolute atomic E-state index is 12.7. The van der Waals surface area contributed by atoms with Crippen LogP contribution in [0.5, 0.6) is 0 Å². The lowest BCUT2D eigenvalue weighted by atomic mass is 9.75. The number of nitrogens with two attached hydrogens (primary N) is 1. The molecular weight excluding hydrogens is 439 g/mol. The molecule has 0 radical (unpaired) electrons. The summed E-state index contributed by atoms with van der Waals surface area (Å²) in [7, 11) is -1.76. The number of carbonyl (C=O) groups is 2. The Morgan fingerprint density at radius 2 is 2.09 bits per heavy atom. The third-order valence-corrected chi connectivity index (χ3v) is 4.96. The minimum atomic E-state index is -1.76. The van der Waals surface area contributed by atoms with Crippen LogP contribution in [0.2, 0.25) is 0 Å². The van der Waals surface area contributed by atoms with Crippen LogP contribution in [-0.4, -0.2) is 58.5 Å². The van der Waals surface area contributed by atoms with E-state index in [1.54, 1.807) is 11.5 Å². The molecule has 12 nitrogen and oxygen atoms in total. The van der Waals surface area contributed by atoms with E-state index in [2.05, 4.69) is 15.6 Å². The second-order valence-corrected chi connectivity index (χ2v) is 8.33. The molecule has 2 atom stereocenters. The summed E-state index contributed by atoms with van der Waals surface area (Å²) in [5, 5.41) is 35.6. The number of hydrazine groups is 1. The van der Waals surface area contributed by atoms with Crippen molar-refractivity contribution in [2.24, 2.45) is 16.6 Å². The summed E-state index contributed by atoms with van der Waals surface area (Å²) in [6.07, 6.45) is 3.67. The van der Waals surface area contributed by atoms with Crippen molar-refractivity contribution in [2.75, 3.05) is 6.54 Å². The van der Waals surface area contributed by atoms with Crippen molar-refractivity contribution in [1.29, 1.82) is 0 Å². The van der Waals surface area contributed by atoms with Crippen molar-refractivity contribution < 1.29 is 24.7 Å². The summed E-state index contributed by atoms with van der Waals surface area (Å²) in [5.41, 5.74) is 7.06. The molecule has 0 unspecified atom stereocenters. The summed E-state index contributed by atoms with van der Waals surface area (Å²) >= 11 is 1.45. The van der Waals surface area contributed by atoms with Crippen molar-refractivity contribution in [3.05, 3.63) is 38.6 Å². The standard InChI is InChI=1S/C18H29BN6O6S/c1-12(2)11-15(19(28)29)23-17(27)14(6-3-9-21-18(20)24-25(30)31)22-16(26)8-7-13-5-4-10-32-13/h4-5,7-8,10,12,14-15,28-29H,3,6,9,11H2,1-2H3,(H,22,26)(H,23,27)(H3,20,21,24)/t14-,15-/m0/s1. The second kappa shape index (κ2) is 14.2. The van der Waals surface area contributed by atoms with Gasteiger partial charge in [0, 0.05) is 17.5 Å². The highest BCUT2D eigenvalue weighted by molar-refractivity contribution is 7.10. The van der Waals surface area contributed by atoms with Gasteiger partial charge in [0.25, 0.3) is 5.96 Å². The molecule has 0 aliphatic rings. The molecule has 7 N–H and O–H groups in total. The predicted octanol–water partition coefficient (Wildman–Crippen LogP) is -0.335. The zero-order valence-electron chi connectivity index (χ0n) is 17.9. The van der Waals surface area contributed by atoms with Gasteiger partial charge in [-0.05, 0) is 42.7 Å². The van der Waals surface area contributed by atoms with Crippen LogP contribution < -0.4 is 21.8 Å². The zero-order chi connectivity index (χ0) is 24.1. The number of rotatable bonds is 13. The molecule has 0 aliphatic carbocycles. The number of nitro groups is 1. The van der Waals surface area contributed by atoms with Crippen LogP contribution in [0.3, 0.4) is 0 Å². The van der Waals surface area contributed by atoms with Gasteiger partial charge in [-0.25, -0.2) is 15.1 Å². The first-order valence-corrected chi connectivity index (χ1v) is 10.9. The molecule has 1 aromatic heterocycles. The summed E-state index contributed by atoms with van der Waals surface area (Å²) in [6, 6.07) is 2.69. The van der Waals surface area contributed by atoms with Crippen LogP contribution in [0.25, 0.3) is 6.08 Å². The summed E-state index contributed by atoms with van der Waals surface area (Å²) < 4.78 is 0. The van der Waals surface area contributed by atoms with Crippen LogP contribution in [0.1, 0.15) is 38.0 Å². The number of aliphatic imine (C=N–C) groups is 1. The Morgan fingerprint density at radius 3 is 2.66 bits per heavy atom. The van der Waals surface area contributed by atoms with Gasteiger partial charge in [-0.1, -0.05) is 25.3 Å². The first-order chi connectivity index (χ1) is 15.1. The number of amides is 2. The fourth-order valence-electron chi connectivity index (χ4n) is 2.70. The first-order valence-electron chi connectivity index (χ1n) is 9.98. The Morgan fingerprint density at radius 1 is 1.38 bits per heavy atom. The van der Waals surface area contributed by atoms with E-state index in [0.29, 0.717) is 6.42 Å². The van der Waals surface area contributed by atoms with Crippen LogP contribution in [0, 0.1) is 16.0 Å². The summed E-state index contributed by atoms with van der Waals surface area (Å²) in [6.45, 7) is 3.82. The van der Waals surface area contributed by atoms with E-state index in [4.69, 9.17) is 5.73 Å². The molecule has 1 aromatic rings. The van der Waals surface area contributed by atoms with Gasteiger partial charge in [-0.15, -0.1) is 11.3 Å². The third-order valence-electron chi connectivity index (χ3n) is 4.13. The van der Waals surface area contributed by atoms with E-state index in [1.165, 1.54) is 17.4 Å². The molecule has 0 saturated heterocycles. The van der Waals surface area contributed by atoms with E-state index in [-0.39, 0.29) is 31.3 Å². The van der Waals surface area contributed by atoms with Crippen LogP contribution in [-0.2, 0) is 9.59 Å². The number of hydrogen-bond donors (Lipinski definition) is 6. The third kappa shape index (κ3) is 11.4. The second-order valence-electron chi connectivity index (χ2n) is 7.35. The molecule has 0 fully saturated rings. The Balaban J connectivity index is 2.79. The SMILES string of the molecule is CC(C)C[C@H](NC(=O)[C@H](CCCN=C(N)N[N+](=O)[O-])NC(=O)C=Cc1cccs1)B(O)O. The highest BCUT2D eigenvalue weighted by atomic mass is 32.1. The van der Waals surface area contributed by atoms with Crippen molar-refractivity contribution in [1.82, 2.24) is 16.1 Å². The number of hydrogen-bond acceptors (Lipinski definition) is 8. The predicted molar refractivity (Wildman–Crippen MR) is 123 cm³/mol. The van der Waals surface area contributed by atoms with Crippen LogP contribution >= 0.6 is 11.3 Å². The number of thiophene rings is 1. The normalized spacial score (nSPS) is 13.6. The smallest absolute Gasteiger partial charge is 0.426 e. The van der Waals surface area contributed by atoms with Gasteiger partial charge in [0.1, 0.15) is 6.04 Å². The van der Waals surface area contributed by atoms with Crippen molar-refractivity contribution in [2.45, 2.75) is 45.1 Å². The molecule has 0 aromatic carbocycles. The topological polar surface area (TPSA) is 192 Å². The summed E-state index contributed by atoms with van der Waals surface area (Å²) in [4.78, 5) is 40.0. The molecule has 176 valence electrons. The van der Waals surface area contributed by atoms with E-state index >= 15 is 0 Å². The van der Waals surface area contributed by atoms with E-state index in [0.717, 1.165) is 4.88 Å². The average molecular weight is 468 g/mol. The molecule has 0 bridgehead atoms. The quantitative estimate of drug-likeness (QED) is 0.0431. The van der Waals surface area contributed by atoms with Crippen LogP contribution in [0.15, 0.2) is 28.6 Å². The van der Waals surface area contributed by atoms with Gasteiger partial charge < -0.3 is 26.4 Å². The minimum Gasteiger partial charge on any atom is -0.426 e. The fourth-order valence-corrected chi connectivity index (χ4v) is 3.32. The highest BCUT2D eigenvalue weighted by Gasteiger charge is 2.29. The van der Waals surface area contributed by atoms with Crippen molar-refractivity contribution in [3.8, 4) is 0 Å². The van der Waals surface area contributed by atoms with Crippen molar-refractivity contribution in [3.63, 3.8) is 0 Å². The maximum atomic E-state index is 12.7. The Labute approximate surface area is 190 Å². The van der Waals surface area contributed by atoms with Gasteiger partial charge in [0.15, 0.2) is 5.03 Å². The first kappa shape index (κ1) is 27.1. The molecule has 0 saturated carbocycles. The number of nitrogens with one attached hydrogen (secondary N) is 3. The minimum absolute atomic E-state index is 0.0788. The van der Waals surface area contributed by atoms with Gasteiger partial charge in [-0.3, -0.25) is 9.59 Å². The molecule has 14 heteroatoms. The lowest BCUT2D eigenvalue weighted by Crippen LogP contribution is -2.54. The van der Waals surface area contributed by atoms with Gasteiger partial charge in [0.05, 0.1) is 5.94 Å². The zero-order valence-corrected chi connectivity index (χ0v) is 18.7. The van der Waals surface area contributed by atoms with E-state index < -0.39 is 35.9 Å². The lowest BCUT2D eigenvalue weighted by molar-refractivity contribution is -0.525. The maximum Gasteiger partial charge on any atom is 0.475 e. The van der Waals surface area contributed by atoms with E-state index in [9.17, 15) is 29.8 Å². The van der Waals surface area contributed by atoms with Crippen molar-refractivity contribution >= 4 is 42.3 Å². The Kier molecular flexibility index (Phi) is 12.0. The van der Waals surface area contributed by atoms with Gasteiger partial charge in [0.2, 0.25) is 11.8 Å². The molecule has 0 spiro atoms. The Hall–Kier alpha value is -2.97. The Bertz CT molecular complexity index is 802. The largest absolute Gasteiger partial charge is 0.475 e.